The van der Waals surface area contributed by atoms with Gasteiger partial charge in [0.2, 0.25) is 5.91 Å². The molecule has 1 N–H and O–H groups in total. The summed E-state index contributed by atoms with van der Waals surface area (Å²) in [5, 5.41) is 2.97. The van der Waals surface area contributed by atoms with Gasteiger partial charge in [-0.3, -0.25) is 4.79 Å². The number of amides is 1. The molecule has 0 aliphatic rings. The van der Waals surface area contributed by atoms with Crippen LogP contribution in [0.15, 0.2) is 24.3 Å². The first kappa shape index (κ1) is 19.0. The third-order valence-corrected chi connectivity index (χ3v) is 4.05. The van der Waals surface area contributed by atoms with E-state index >= 15 is 0 Å². The van der Waals surface area contributed by atoms with Crippen LogP contribution in [0.4, 0.5) is 5.69 Å². The average Bonchev–Trinajstić information content (AvgIpc) is 2.54. The lowest BCUT2D eigenvalue weighted by molar-refractivity contribution is -0.129. The summed E-state index contributed by atoms with van der Waals surface area (Å²) in [7, 11) is 1.95. The van der Waals surface area contributed by atoms with Crippen LogP contribution in [0.1, 0.15) is 44.5 Å². The quantitative estimate of drug-likeness (QED) is 0.748. The maximum Gasteiger partial charge on any atom is 0.338 e. The Kier molecular flexibility index (Phi) is 7.07. The minimum absolute atomic E-state index is 0.0751. The average molecular weight is 320 g/mol. The Balaban J connectivity index is 2.51. The zero-order valence-electron chi connectivity index (χ0n) is 14.8. The minimum Gasteiger partial charge on any atom is -0.462 e. The van der Waals surface area contributed by atoms with E-state index in [9.17, 15) is 9.59 Å². The number of carbonyl (C=O) groups is 2. The second-order valence-electron chi connectivity index (χ2n) is 6.18. The zero-order valence-corrected chi connectivity index (χ0v) is 14.8. The molecule has 0 saturated carbocycles. The number of hydrogen-bond acceptors (Lipinski definition) is 4. The Morgan fingerprint density at radius 3 is 2.30 bits per heavy atom. The highest BCUT2D eigenvalue weighted by molar-refractivity contribution is 5.89. The standard InChI is InChI=1S/C18H28N2O3/c1-6-18(3,4)17(22)19-12-13-20(5)15-10-8-14(9-11-15)16(21)23-7-2/h8-11H,6-7,12-13H2,1-5H3,(H,19,22). The van der Waals surface area contributed by atoms with Crippen LogP contribution in [0.5, 0.6) is 0 Å². The van der Waals surface area contributed by atoms with E-state index in [1.807, 2.05) is 44.9 Å². The molecule has 0 unspecified atom stereocenters. The number of carbonyl (C=O) groups excluding carboxylic acids is 2. The summed E-state index contributed by atoms with van der Waals surface area (Å²) in [5.41, 5.74) is 1.20. The normalized spacial score (nSPS) is 11.0. The molecule has 1 aromatic carbocycles. The second-order valence-corrected chi connectivity index (χ2v) is 6.18. The number of esters is 1. The molecule has 5 nitrogen and oxygen atoms in total. The second kappa shape index (κ2) is 8.56. The lowest BCUT2D eigenvalue weighted by Gasteiger charge is -2.24. The van der Waals surface area contributed by atoms with Crippen molar-refractivity contribution in [3.05, 3.63) is 29.8 Å². The molecule has 1 rings (SSSR count). The first-order valence-corrected chi connectivity index (χ1v) is 8.08. The van der Waals surface area contributed by atoms with Crippen molar-refractivity contribution in [3.63, 3.8) is 0 Å². The van der Waals surface area contributed by atoms with Crippen molar-refractivity contribution in [3.8, 4) is 0 Å². The van der Waals surface area contributed by atoms with Crippen molar-refractivity contribution in [2.24, 2.45) is 5.41 Å². The van der Waals surface area contributed by atoms with Crippen LogP contribution >= 0.6 is 0 Å². The molecule has 0 aliphatic heterocycles. The summed E-state index contributed by atoms with van der Waals surface area (Å²) < 4.78 is 4.96. The fourth-order valence-corrected chi connectivity index (χ4v) is 1.93. The summed E-state index contributed by atoms with van der Waals surface area (Å²) in [6, 6.07) is 7.26. The van der Waals surface area contributed by atoms with Crippen molar-refractivity contribution in [1.29, 1.82) is 0 Å². The Bertz CT molecular complexity index is 524. The summed E-state index contributed by atoms with van der Waals surface area (Å²) in [6.07, 6.45) is 0.810. The molecule has 0 saturated heterocycles. The SMILES string of the molecule is CCOC(=O)c1ccc(N(C)CCNC(=O)C(C)(C)CC)cc1. The largest absolute Gasteiger partial charge is 0.462 e. The number of anilines is 1. The minimum atomic E-state index is -0.333. The molecular weight excluding hydrogens is 292 g/mol. The maximum absolute atomic E-state index is 12.0. The van der Waals surface area contributed by atoms with Gasteiger partial charge in [-0.2, -0.15) is 0 Å². The Morgan fingerprint density at radius 2 is 1.78 bits per heavy atom. The molecule has 0 atom stereocenters. The predicted octanol–water partition coefficient (Wildman–Crippen LogP) is 2.85. The van der Waals surface area contributed by atoms with Gasteiger partial charge in [0.25, 0.3) is 0 Å². The van der Waals surface area contributed by atoms with Crippen LogP contribution in [0.25, 0.3) is 0 Å². The van der Waals surface area contributed by atoms with E-state index in [-0.39, 0.29) is 17.3 Å². The molecule has 0 bridgehead atoms. The van der Waals surface area contributed by atoms with Gasteiger partial charge in [0.15, 0.2) is 0 Å². The van der Waals surface area contributed by atoms with Gasteiger partial charge in [-0.05, 0) is 37.6 Å². The number of benzene rings is 1. The van der Waals surface area contributed by atoms with Gasteiger partial charge in [0.1, 0.15) is 0 Å². The van der Waals surface area contributed by atoms with Crippen LogP contribution in [-0.4, -0.2) is 38.6 Å². The molecule has 128 valence electrons. The van der Waals surface area contributed by atoms with Crippen LogP contribution in [-0.2, 0) is 9.53 Å². The van der Waals surface area contributed by atoms with E-state index < -0.39 is 0 Å². The molecule has 1 amide bonds. The summed E-state index contributed by atoms with van der Waals surface area (Å²) in [6.45, 7) is 9.34. The van der Waals surface area contributed by atoms with Gasteiger partial charge in [-0.15, -0.1) is 0 Å². The van der Waals surface area contributed by atoms with Gasteiger partial charge < -0.3 is 15.0 Å². The molecule has 0 aromatic heterocycles. The van der Waals surface area contributed by atoms with E-state index in [0.717, 1.165) is 12.1 Å². The number of nitrogens with one attached hydrogen (secondary N) is 1. The van der Waals surface area contributed by atoms with Crippen molar-refractivity contribution in [2.45, 2.75) is 34.1 Å². The Labute approximate surface area is 139 Å². The Morgan fingerprint density at radius 1 is 1.17 bits per heavy atom. The fraction of sp³-hybridized carbons (Fsp3) is 0.556. The Hall–Kier alpha value is -2.04. The molecule has 0 heterocycles. The van der Waals surface area contributed by atoms with E-state index in [4.69, 9.17) is 4.74 Å². The fourth-order valence-electron chi connectivity index (χ4n) is 1.93. The van der Waals surface area contributed by atoms with Gasteiger partial charge >= 0.3 is 5.97 Å². The van der Waals surface area contributed by atoms with Crippen LogP contribution in [0.2, 0.25) is 0 Å². The lowest BCUT2D eigenvalue weighted by atomic mass is 9.89. The monoisotopic (exact) mass is 320 g/mol. The number of rotatable bonds is 8. The molecular formula is C18H28N2O3. The van der Waals surface area contributed by atoms with E-state index in [1.165, 1.54) is 0 Å². The van der Waals surface area contributed by atoms with Crippen molar-refractivity contribution >= 4 is 17.6 Å². The van der Waals surface area contributed by atoms with Crippen LogP contribution < -0.4 is 10.2 Å². The highest BCUT2D eigenvalue weighted by atomic mass is 16.5. The molecule has 1 aromatic rings. The third kappa shape index (κ3) is 5.58. The summed E-state index contributed by atoms with van der Waals surface area (Å²) in [5.74, 6) is -0.234. The number of hydrogen-bond donors (Lipinski definition) is 1. The van der Waals surface area contributed by atoms with E-state index in [2.05, 4.69) is 5.32 Å². The van der Waals surface area contributed by atoms with Crippen LogP contribution in [0, 0.1) is 5.41 Å². The number of likely N-dealkylation sites (N-methyl/N-ethyl adjacent to an activating group) is 1. The lowest BCUT2D eigenvalue weighted by Crippen LogP contribution is -2.40. The highest BCUT2D eigenvalue weighted by Gasteiger charge is 2.24. The van der Waals surface area contributed by atoms with Gasteiger partial charge in [0, 0.05) is 31.2 Å². The molecule has 0 fully saturated rings. The maximum atomic E-state index is 12.0. The first-order valence-electron chi connectivity index (χ1n) is 8.08. The van der Waals surface area contributed by atoms with Gasteiger partial charge in [-0.25, -0.2) is 4.79 Å². The van der Waals surface area contributed by atoms with Gasteiger partial charge in [0.05, 0.1) is 12.2 Å². The smallest absolute Gasteiger partial charge is 0.338 e. The van der Waals surface area contributed by atoms with Gasteiger partial charge in [-0.1, -0.05) is 20.8 Å². The molecule has 0 spiro atoms. The first-order chi connectivity index (χ1) is 10.8. The summed E-state index contributed by atoms with van der Waals surface area (Å²) in [4.78, 5) is 25.7. The van der Waals surface area contributed by atoms with E-state index in [1.54, 1.807) is 19.1 Å². The number of ether oxygens (including phenoxy) is 1. The molecule has 0 radical (unpaired) electrons. The number of nitrogens with zero attached hydrogens (tertiary/aromatic N) is 1. The van der Waals surface area contributed by atoms with Crippen molar-refractivity contribution in [1.82, 2.24) is 5.32 Å². The van der Waals surface area contributed by atoms with Crippen molar-refractivity contribution in [2.75, 3.05) is 31.6 Å². The molecule has 0 aliphatic carbocycles. The molecule has 23 heavy (non-hydrogen) atoms. The zero-order chi connectivity index (χ0) is 17.5. The highest BCUT2D eigenvalue weighted by Crippen LogP contribution is 2.19. The topological polar surface area (TPSA) is 58.6 Å². The third-order valence-electron chi connectivity index (χ3n) is 4.05. The molecule has 5 heteroatoms. The summed E-state index contributed by atoms with van der Waals surface area (Å²) >= 11 is 0. The van der Waals surface area contributed by atoms with E-state index in [0.29, 0.717) is 25.3 Å². The van der Waals surface area contributed by atoms with Crippen molar-refractivity contribution < 1.29 is 14.3 Å². The predicted molar refractivity (Wildman–Crippen MR) is 92.8 cm³/mol. The van der Waals surface area contributed by atoms with Crippen LogP contribution in [0.3, 0.4) is 0 Å².